The highest BCUT2D eigenvalue weighted by Crippen LogP contribution is 2.30. The summed E-state index contributed by atoms with van der Waals surface area (Å²) >= 11 is 3.77. The van der Waals surface area contributed by atoms with Crippen molar-refractivity contribution in [3.8, 4) is 17.6 Å². The van der Waals surface area contributed by atoms with Crippen molar-refractivity contribution in [2.45, 2.75) is 12.1 Å². The number of rotatable bonds is 8. The minimum Gasteiger partial charge on any atom is -0.493 e. The number of thioether (sulfide) groups is 1. The second-order valence-corrected chi connectivity index (χ2v) is 8.65. The van der Waals surface area contributed by atoms with Gasteiger partial charge in [-0.2, -0.15) is 14.6 Å². The number of carbonyl (C=O) groups is 2. The Hall–Kier alpha value is -3.20. The summed E-state index contributed by atoms with van der Waals surface area (Å²) in [6, 6.07) is 10.0. The van der Waals surface area contributed by atoms with Gasteiger partial charge in [0.15, 0.2) is 11.5 Å². The normalized spacial score (nSPS) is 10.9. The van der Waals surface area contributed by atoms with Crippen LogP contribution in [0.3, 0.4) is 0 Å². The lowest BCUT2D eigenvalue weighted by molar-refractivity contribution is -0.112. The number of nitrogens with one attached hydrogen (secondary N) is 1. The maximum atomic E-state index is 12.4. The second-order valence-electron chi connectivity index (χ2n) is 5.72. The zero-order valence-corrected chi connectivity index (χ0v) is 18.9. The van der Waals surface area contributed by atoms with Gasteiger partial charge in [-0.05, 0) is 41.0 Å². The van der Waals surface area contributed by atoms with Crippen molar-refractivity contribution in [3.63, 3.8) is 0 Å². The summed E-state index contributed by atoms with van der Waals surface area (Å²) in [6.45, 7) is 1.98. The number of methoxy groups -OCH3 is 1. The van der Waals surface area contributed by atoms with Crippen LogP contribution in [-0.4, -0.2) is 34.1 Å². The highest BCUT2D eigenvalue weighted by Gasteiger charge is 2.16. The van der Waals surface area contributed by atoms with Gasteiger partial charge in [0, 0.05) is 11.5 Å². The zero-order valence-electron chi connectivity index (χ0n) is 16.4. The molecule has 0 spiro atoms. The minimum absolute atomic E-state index is 0.120. The Morgan fingerprint density at radius 3 is 2.84 bits per heavy atom. The molecule has 1 aromatic carbocycles. The van der Waals surface area contributed by atoms with Crippen molar-refractivity contribution in [1.82, 2.24) is 9.36 Å². The molecule has 0 aliphatic carbocycles. The number of benzene rings is 1. The van der Waals surface area contributed by atoms with Crippen LogP contribution < -0.4 is 14.8 Å². The van der Waals surface area contributed by atoms with E-state index in [4.69, 9.17) is 9.47 Å². The molecule has 0 aliphatic heterocycles. The molecule has 0 bridgehead atoms. The fraction of sp³-hybridized carbons (Fsp3) is 0.150. The number of thiophene rings is 1. The number of anilines is 1. The quantitative estimate of drug-likeness (QED) is 0.168. The largest absolute Gasteiger partial charge is 0.493 e. The lowest BCUT2D eigenvalue weighted by Gasteiger charge is -2.09. The third kappa shape index (κ3) is 5.91. The molecule has 11 heteroatoms. The van der Waals surface area contributed by atoms with Gasteiger partial charge < -0.3 is 9.47 Å². The van der Waals surface area contributed by atoms with Crippen LogP contribution in [0.25, 0.3) is 6.08 Å². The highest BCUT2D eigenvalue weighted by molar-refractivity contribution is 7.99. The van der Waals surface area contributed by atoms with Gasteiger partial charge in [0.05, 0.1) is 7.11 Å². The first-order valence-corrected chi connectivity index (χ1v) is 11.5. The summed E-state index contributed by atoms with van der Waals surface area (Å²) in [7, 11) is 1.44. The van der Waals surface area contributed by atoms with Gasteiger partial charge in [0.2, 0.25) is 10.3 Å². The number of amides is 1. The van der Waals surface area contributed by atoms with Crippen LogP contribution in [0.5, 0.6) is 11.5 Å². The molecule has 1 amide bonds. The van der Waals surface area contributed by atoms with Crippen molar-refractivity contribution in [2.24, 2.45) is 0 Å². The number of nitriles is 1. The van der Waals surface area contributed by atoms with Gasteiger partial charge in [0.1, 0.15) is 16.5 Å². The monoisotopic (exact) mass is 472 g/mol. The molecule has 2 aromatic heterocycles. The fourth-order valence-corrected chi connectivity index (χ4v) is 4.20. The molecule has 3 aromatic rings. The number of esters is 1. The van der Waals surface area contributed by atoms with Crippen LogP contribution in [0, 0.1) is 11.3 Å². The standard InChI is InChI=1S/C20H16N4O4S3/c1-3-29-20-23-19(31-24-20)22-17(25)13(11-21)9-12-6-7-14(15(10-12)27-2)28-18(26)16-5-4-8-30-16/h4-10H,3H2,1-2H3,(H,22,23,24,25)/b13-9-. The lowest BCUT2D eigenvalue weighted by Crippen LogP contribution is -2.13. The number of ether oxygens (including phenoxy) is 2. The SMILES string of the molecule is CCSc1nsc(NC(=O)/C(C#N)=C\c2ccc(OC(=O)c3cccs3)c(OC)c2)n1. The summed E-state index contributed by atoms with van der Waals surface area (Å²) in [4.78, 5) is 29.3. The minimum atomic E-state index is -0.598. The van der Waals surface area contributed by atoms with E-state index >= 15 is 0 Å². The molecule has 2 heterocycles. The van der Waals surface area contributed by atoms with E-state index in [2.05, 4.69) is 14.7 Å². The molecule has 0 aliphatic rings. The van der Waals surface area contributed by atoms with E-state index in [0.29, 0.717) is 26.5 Å². The first-order valence-electron chi connectivity index (χ1n) is 8.87. The summed E-state index contributed by atoms with van der Waals surface area (Å²) in [5, 5.41) is 14.7. The fourth-order valence-electron chi connectivity index (χ4n) is 2.33. The zero-order chi connectivity index (χ0) is 22.2. The van der Waals surface area contributed by atoms with Crippen LogP contribution in [0.15, 0.2) is 46.4 Å². The third-order valence-electron chi connectivity index (χ3n) is 3.69. The van der Waals surface area contributed by atoms with Crippen molar-refractivity contribution in [2.75, 3.05) is 18.2 Å². The van der Waals surface area contributed by atoms with E-state index in [-0.39, 0.29) is 11.3 Å². The predicted molar refractivity (Wildman–Crippen MR) is 121 cm³/mol. The van der Waals surface area contributed by atoms with E-state index in [9.17, 15) is 14.9 Å². The Labute approximate surface area is 190 Å². The third-order valence-corrected chi connectivity index (χ3v) is 6.02. The Morgan fingerprint density at radius 1 is 1.32 bits per heavy atom. The van der Waals surface area contributed by atoms with Crippen LogP contribution >= 0.6 is 34.6 Å². The van der Waals surface area contributed by atoms with E-state index in [1.165, 1.54) is 36.3 Å². The van der Waals surface area contributed by atoms with Gasteiger partial charge >= 0.3 is 5.97 Å². The molecule has 0 saturated heterocycles. The molecular weight excluding hydrogens is 456 g/mol. The van der Waals surface area contributed by atoms with Crippen molar-refractivity contribution >= 4 is 57.7 Å². The van der Waals surface area contributed by atoms with Gasteiger partial charge in [-0.25, -0.2) is 4.79 Å². The summed E-state index contributed by atoms with van der Waals surface area (Å²) in [6.07, 6.45) is 1.41. The van der Waals surface area contributed by atoms with Crippen molar-refractivity contribution < 1.29 is 19.1 Å². The maximum absolute atomic E-state index is 12.4. The van der Waals surface area contributed by atoms with E-state index < -0.39 is 11.9 Å². The average molecular weight is 473 g/mol. The first-order chi connectivity index (χ1) is 15.0. The molecule has 1 N–H and O–H groups in total. The molecule has 0 saturated carbocycles. The van der Waals surface area contributed by atoms with Crippen LogP contribution in [-0.2, 0) is 4.79 Å². The van der Waals surface area contributed by atoms with Gasteiger partial charge in [-0.15, -0.1) is 11.3 Å². The van der Waals surface area contributed by atoms with E-state index in [1.807, 2.05) is 13.0 Å². The number of hydrogen-bond acceptors (Lipinski definition) is 10. The molecule has 31 heavy (non-hydrogen) atoms. The van der Waals surface area contributed by atoms with Gasteiger partial charge in [-0.1, -0.05) is 30.8 Å². The number of carbonyl (C=O) groups excluding carboxylic acids is 2. The average Bonchev–Trinajstić information content (AvgIpc) is 3.45. The Morgan fingerprint density at radius 2 is 2.16 bits per heavy atom. The van der Waals surface area contributed by atoms with Gasteiger partial charge in [0.25, 0.3) is 5.91 Å². The van der Waals surface area contributed by atoms with Crippen LogP contribution in [0.2, 0.25) is 0 Å². The topological polar surface area (TPSA) is 114 Å². The molecule has 0 unspecified atom stereocenters. The Bertz CT molecular complexity index is 1150. The molecule has 0 fully saturated rings. The second kappa shape index (κ2) is 10.7. The lowest BCUT2D eigenvalue weighted by atomic mass is 10.1. The van der Waals surface area contributed by atoms with E-state index in [1.54, 1.807) is 35.7 Å². The molecule has 8 nitrogen and oxygen atoms in total. The van der Waals surface area contributed by atoms with Gasteiger partial charge in [-0.3, -0.25) is 10.1 Å². The Balaban J connectivity index is 1.75. The molecule has 3 rings (SSSR count). The molecular formula is C20H16N4O4S3. The molecule has 158 valence electrons. The van der Waals surface area contributed by atoms with Crippen LogP contribution in [0.1, 0.15) is 22.2 Å². The summed E-state index contributed by atoms with van der Waals surface area (Å²) < 4.78 is 14.8. The van der Waals surface area contributed by atoms with Crippen LogP contribution in [0.4, 0.5) is 5.13 Å². The van der Waals surface area contributed by atoms with E-state index in [0.717, 1.165) is 17.3 Å². The number of hydrogen-bond donors (Lipinski definition) is 1. The molecule has 0 atom stereocenters. The first kappa shape index (κ1) is 22.5. The van der Waals surface area contributed by atoms with Crippen molar-refractivity contribution in [1.29, 1.82) is 5.26 Å². The maximum Gasteiger partial charge on any atom is 0.353 e. The number of nitrogens with zero attached hydrogens (tertiary/aromatic N) is 3. The Kier molecular flexibility index (Phi) is 7.77. The summed E-state index contributed by atoms with van der Waals surface area (Å²) in [5.74, 6) is 0.247. The smallest absolute Gasteiger partial charge is 0.353 e. The molecule has 0 radical (unpaired) electrons. The van der Waals surface area contributed by atoms with Crippen molar-refractivity contribution in [3.05, 3.63) is 51.7 Å². The summed E-state index contributed by atoms with van der Waals surface area (Å²) in [5.41, 5.74) is 0.407. The number of aromatic nitrogens is 2. The highest BCUT2D eigenvalue weighted by atomic mass is 32.2. The predicted octanol–water partition coefficient (Wildman–Crippen LogP) is 4.49.